The van der Waals surface area contributed by atoms with Crippen molar-refractivity contribution in [3.8, 4) is 11.1 Å². The summed E-state index contributed by atoms with van der Waals surface area (Å²) < 4.78 is 5.62. The number of rotatable bonds is 11. The van der Waals surface area contributed by atoms with Crippen LogP contribution in [0.3, 0.4) is 0 Å². The second kappa shape index (κ2) is 11.0. The number of carbonyl (C=O) groups is 3. The van der Waals surface area contributed by atoms with Crippen molar-refractivity contribution in [1.82, 2.24) is 10.6 Å². The lowest BCUT2D eigenvalue weighted by atomic mass is 9.98. The lowest BCUT2D eigenvalue weighted by Crippen LogP contribution is -2.45. The summed E-state index contributed by atoms with van der Waals surface area (Å²) in [6.45, 7) is 0.208. The number of nitrogens with one attached hydrogen (secondary N) is 2. The Hall–Kier alpha value is -3.00. The van der Waals surface area contributed by atoms with Crippen LogP contribution in [0.25, 0.3) is 11.1 Å². The van der Waals surface area contributed by atoms with E-state index in [4.69, 9.17) is 4.74 Å². The van der Waals surface area contributed by atoms with Gasteiger partial charge in [-0.2, -0.15) is 11.8 Å². The molecular formula is C26H30N2O5S. The first kappa shape index (κ1) is 24.1. The molecule has 2 atom stereocenters. The Morgan fingerprint density at radius 1 is 1.03 bits per heavy atom. The molecule has 2 amide bonds. The molecule has 0 bridgehead atoms. The van der Waals surface area contributed by atoms with E-state index in [9.17, 15) is 19.5 Å². The molecule has 0 radical (unpaired) electrons. The van der Waals surface area contributed by atoms with Gasteiger partial charge in [0.1, 0.15) is 12.6 Å². The second-order valence-corrected chi connectivity index (χ2v) is 9.84. The number of hydrogen-bond acceptors (Lipinski definition) is 5. The zero-order chi connectivity index (χ0) is 24.1. The molecule has 0 aliphatic heterocycles. The number of carboxylic acids is 1. The van der Waals surface area contributed by atoms with Gasteiger partial charge in [-0.25, -0.2) is 9.59 Å². The minimum Gasteiger partial charge on any atom is -0.480 e. The fourth-order valence-electron chi connectivity index (χ4n) is 4.57. The van der Waals surface area contributed by atoms with Gasteiger partial charge in [0.15, 0.2) is 0 Å². The molecule has 0 heterocycles. The topological polar surface area (TPSA) is 105 Å². The molecule has 2 aromatic carbocycles. The van der Waals surface area contributed by atoms with Crippen molar-refractivity contribution in [2.45, 2.75) is 43.7 Å². The number of alkyl carbamates (subject to hydrolysis) is 1. The largest absolute Gasteiger partial charge is 0.480 e. The van der Waals surface area contributed by atoms with E-state index < -0.39 is 18.1 Å². The van der Waals surface area contributed by atoms with E-state index >= 15 is 0 Å². The molecule has 2 aliphatic carbocycles. The molecular weight excluding hydrogens is 452 g/mol. The number of ether oxygens (including phenoxy) is 1. The Bertz CT molecular complexity index is 1010. The van der Waals surface area contributed by atoms with E-state index in [1.165, 1.54) is 11.8 Å². The predicted molar refractivity (Wildman–Crippen MR) is 132 cm³/mol. The van der Waals surface area contributed by atoms with Gasteiger partial charge >= 0.3 is 12.1 Å². The maximum absolute atomic E-state index is 12.7. The van der Waals surface area contributed by atoms with Crippen LogP contribution in [0.15, 0.2) is 48.5 Å². The Labute approximate surface area is 203 Å². The molecule has 0 saturated heterocycles. The number of hydrogen-bond donors (Lipinski definition) is 3. The highest BCUT2D eigenvalue weighted by Gasteiger charge is 2.35. The van der Waals surface area contributed by atoms with Gasteiger partial charge in [0.25, 0.3) is 0 Å². The van der Waals surface area contributed by atoms with Gasteiger partial charge in [0.2, 0.25) is 5.91 Å². The molecule has 0 spiro atoms. The Morgan fingerprint density at radius 3 is 2.21 bits per heavy atom. The molecule has 1 saturated carbocycles. The Kier molecular flexibility index (Phi) is 7.77. The van der Waals surface area contributed by atoms with Gasteiger partial charge in [0.05, 0.1) is 0 Å². The molecule has 8 heteroatoms. The summed E-state index contributed by atoms with van der Waals surface area (Å²) in [5, 5.41) is 14.8. The molecule has 2 aliphatic rings. The fraction of sp³-hybridized carbons (Fsp3) is 0.423. The van der Waals surface area contributed by atoms with E-state index in [1.54, 1.807) is 0 Å². The summed E-state index contributed by atoms with van der Waals surface area (Å²) in [5.74, 6) is -0.602. The van der Waals surface area contributed by atoms with Gasteiger partial charge in [-0.15, -0.1) is 0 Å². The van der Waals surface area contributed by atoms with E-state index in [0.717, 1.165) is 35.1 Å². The van der Waals surface area contributed by atoms with Crippen LogP contribution in [-0.4, -0.2) is 53.8 Å². The fourth-order valence-corrected chi connectivity index (χ4v) is 5.04. The molecule has 2 aromatic rings. The van der Waals surface area contributed by atoms with Crippen LogP contribution in [0.2, 0.25) is 0 Å². The van der Waals surface area contributed by atoms with Gasteiger partial charge in [-0.05, 0) is 59.4 Å². The van der Waals surface area contributed by atoms with Crippen LogP contribution >= 0.6 is 11.8 Å². The number of carboxylic acid groups (broad SMARTS) is 1. The summed E-state index contributed by atoms with van der Waals surface area (Å²) in [6.07, 6.45) is 3.59. The van der Waals surface area contributed by atoms with Crippen LogP contribution in [-0.2, 0) is 14.3 Å². The van der Waals surface area contributed by atoms with Crippen molar-refractivity contribution < 1.29 is 24.2 Å². The second-order valence-electron chi connectivity index (χ2n) is 8.86. The average Bonchev–Trinajstić information content (AvgIpc) is 3.63. The normalized spacial score (nSPS) is 16.1. The Morgan fingerprint density at radius 2 is 1.65 bits per heavy atom. The third kappa shape index (κ3) is 5.73. The monoisotopic (exact) mass is 482 g/mol. The van der Waals surface area contributed by atoms with Gasteiger partial charge in [0, 0.05) is 18.4 Å². The average molecular weight is 483 g/mol. The van der Waals surface area contributed by atoms with Gasteiger partial charge in [-0.3, -0.25) is 4.79 Å². The SMILES string of the molecule is CSCC[C@@H](NC(=O)CC(NC(=O)OCC1c2ccccc2-c2ccccc21)C1CC1)C(=O)O. The van der Waals surface area contributed by atoms with Crippen LogP contribution in [0.4, 0.5) is 4.79 Å². The number of fused-ring (bicyclic) bond motifs is 3. The van der Waals surface area contributed by atoms with Crippen molar-refractivity contribution in [3.05, 3.63) is 59.7 Å². The highest BCUT2D eigenvalue weighted by atomic mass is 32.2. The van der Waals surface area contributed by atoms with Crippen LogP contribution in [0.5, 0.6) is 0 Å². The number of carbonyl (C=O) groups excluding carboxylic acids is 2. The van der Waals surface area contributed by atoms with E-state index in [2.05, 4.69) is 34.9 Å². The van der Waals surface area contributed by atoms with Crippen LogP contribution in [0.1, 0.15) is 42.7 Å². The summed E-state index contributed by atoms with van der Waals surface area (Å²) in [4.78, 5) is 36.6. The zero-order valence-electron chi connectivity index (χ0n) is 19.2. The molecule has 180 valence electrons. The number of aliphatic carboxylic acids is 1. The zero-order valence-corrected chi connectivity index (χ0v) is 20.0. The molecule has 7 nitrogen and oxygen atoms in total. The molecule has 3 N–H and O–H groups in total. The lowest BCUT2D eigenvalue weighted by Gasteiger charge is -2.21. The summed E-state index contributed by atoms with van der Waals surface area (Å²) in [7, 11) is 0. The highest BCUT2D eigenvalue weighted by molar-refractivity contribution is 7.98. The Balaban J connectivity index is 1.34. The molecule has 1 unspecified atom stereocenters. The predicted octanol–water partition coefficient (Wildman–Crippen LogP) is 4.02. The summed E-state index contributed by atoms with van der Waals surface area (Å²) in [6, 6.07) is 15.0. The smallest absolute Gasteiger partial charge is 0.407 e. The van der Waals surface area contributed by atoms with Crippen LogP contribution < -0.4 is 10.6 Å². The van der Waals surface area contributed by atoms with Crippen molar-refractivity contribution in [2.75, 3.05) is 18.6 Å². The van der Waals surface area contributed by atoms with Gasteiger partial charge in [-0.1, -0.05) is 48.5 Å². The number of amides is 2. The van der Waals surface area contributed by atoms with Crippen molar-refractivity contribution in [2.24, 2.45) is 5.92 Å². The van der Waals surface area contributed by atoms with Crippen molar-refractivity contribution in [1.29, 1.82) is 0 Å². The van der Waals surface area contributed by atoms with E-state index in [1.807, 2.05) is 30.5 Å². The summed E-state index contributed by atoms with van der Waals surface area (Å²) in [5.41, 5.74) is 4.60. The minimum atomic E-state index is -1.05. The van der Waals surface area contributed by atoms with E-state index in [-0.39, 0.29) is 36.8 Å². The standard InChI is InChI=1S/C26H30N2O5S/c1-34-13-12-22(25(30)31)27-24(29)14-23(16-10-11-16)28-26(32)33-15-21-19-8-4-2-6-17(19)18-7-3-5-9-20(18)21/h2-9,16,21-23H,10-15H2,1H3,(H,27,29)(H,28,32)(H,30,31)/t22-,23?/m1/s1. The lowest BCUT2D eigenvalue weighted by molar-refractivity contribution is -0.142. The molecule has 34 heavy (non-hydrogen) atoms. The number of benzene rings is 2. The van der Waals surface area contributed by atoms with Crippen molar-refractivity contribution >= 4 is 29.7 Å². The first-order valence-electron chi connectivity index (χ1n) is 11.6. The first-order chi connectivity index (χ1) is 16.5. The van der Waals surface area contributed by atoms with Crippen molar-refractivity contribution in [3.63, 3.8) is 0 Å². The van der Waals surface area contributed by atoms with Gasteiger partial charge < -0.3 is 20.5 Å². The number of thioether (sulfide) groups is 1. The maximum Gasteiger partial charge on any atom is 0.407 e. The first-order valence-corrected chi connectivity index (χ1v) is 13.0. The molecule has 1 fully saturated rings. The minimum absolute atomic E-state index is 0.0337. The van der Waals surface area contributed by atoms with E-state index in [0.29, 0.717) is 12.2 Å². The van der Waals surface area contributed by atoms with Crippen LogP contribution in [0, 0.1) is 5.92 Å². The highest BCUT2D eigenvalue weighted by Crippen LogP contribution is 2.44. The molecule has 4 rings (SSSR count). The molecule has 0 aromatic heterocycles. The maximum atomic E-state index is 12.7. The summed E-state index contributed by atoms with van der Waals surface area (Å²) >= 11 is 1.53. The third-order valence-electron chi connectivity index (χ3n) is 6.49. The third-order valence-corrected chi connectivity index (χ3v) is 7.13. The quantitative estimate of drug-likeness (QED) is 0.447.